The monoisotopic (exact) mass is 212 g/mol. The van der Waals surface area contributed by atoms with Crippen LogP contribution in [-0.2, 0) is 6.42 Å². The van der Waals surface area contributed by atoms with E-state index >= 15 is 0 Å². The van der Waals surface area contributed by atoms with Gasteiger partial charge in [0, 0.05) is 11.9 Å². The van der Waals surface area contributed by atoms with E-state index in [0.29, 0.717) is 6.42 Å². The van der Waals surface area contributed by atoms with Crippen molar-refractivity contribution in [2.24, 2.45) is 0 Å². The highest BCUT2D eigenvalue weighted by Gasteiger charge is 2.01. The summed E-state index contributed by atoms with van der Waals surface area (Å²) in [6.07, 6.45) is 2.30. The molecular weight excluding hydrogens is 200 g/mol. The van der Waals surface area contributed by atoms with Crippen LogP contribution in [0.3, 0.4) is 0 Å². The summed E-state index contributed by atoms with van der Waals surface area (Å²) < 4.78 is 5.10. The second-order valence-corrected chi connectivity index (χ2v) is 3.48. The fourth-order valence-electron chi connectivity index (χ4n) is 1.57. The van der Waals surface area contributed by atoms with Crippen LogP contribution in [-0.4, -0.2) is 12.1 Å². The Bertz CT molecular complexity index is 505. The normalized spacial score (nSPS) is 9.75. The molecule has 1 heterocycles. The van der Waals surface area contributed by atoms with Gasteiger partial charge in [-0.25, -0.2) is 0 Å². The van der Waals surface area contributed by atoms with Crippen LogP contribution >= 0.6 is 0 Å². The Balaban J connectivity index is 2.25. The topological polar surface area (TPSA) is 48.8 Å². The van der Waals surface area contributed by atoms with Crippen molar-refractivity contribution < 1.29 is 4.74 Å². The zero-order valence-electron chi connectivity index (χ0n) is 9.03. The van der Waals surface area contributed by atoms with Crippen LogP contribution in [0.5, 0.6) is 5.75 Å². The van der Waals surface area contributed by atoms with Gasteiger partial charge in [-0.1, -0.05) is 0 Å². The van der Waals surface area contributed by atoms with Gasteiger partial charge < -0.3 is 9.72 Å². The SMILES string of the molecule is COc1ccc(-c2cc(CC#N)c[nH]2)cc1. The van der Waals surface area contributed by atoms with E-state index in [1.807, 2.05) is 36.5 Å². The minimum atomic E-state index is 0.437. The van der Waals surface area contributed by atoms with Crippen LogP contribution in [0.1, 0.15) is 5.56 Å². The first-order valence-corrected chi connectivity index (χ1v) is 5.02. The molecule has 0 saturated heterocycles. The van der Waals surface area contributed by atoms with Crippen LogP contribution in [0.4, 0.5) is 0 Å². The number of methoxy groups -OCH3 is 1. The zero-order valence-corrected chi connectivity index (χ0v) is 9.03. The predicted molar refractivity (Wildman–Crippen MR) is 62.1 cm³/mol. The molecule has 3 nitrogen and oxygen atoms in total. The standard InChI is InChI=1S/C13H12N2O/c1-16-12-4-2-11(3-5-12)13-8-10(6-7-14)9-15-13/h2-5,8-9,15H,6H2,1H3. The second-order valence-electron chi connectivity index (χ2n) is 3.48. The smallest absolute Gasteiger partial charge is 0.118 e. The summed E-state index contributed by atoms with van der Waals surface area (Å²) >= 11 is 0. The Hall–Kier alpha value is -2.21. The molecule has 0 aliphatic heterocycles. The Morgan fingerprint density at radius 1 is 1.31 bits per heavy atom. The summed E-state index contributed by atoms with van der Waals surface area (Å²) in [5.41, 5.74) is 3.12. The Kier molecular flexibility index (Phi) is 2.93. The molecule has 2 rings (SSSR count). The molecule has 1 N–H and O–H groups in total. The predicted octanol–water partition coefficient (Wildman–Crippen LogP) is 2.76. The van der Waals surface area contributed by atoms with E-state index < -0.39 is 0 Å². The first kappa shape index (κ1) is 10.3. The summed E-state index contributed by atoms with van der Waals surface area (Å²) in [6.45, 7) is 0. The Morgan fingerprint density at radius 3 is 2.69 bits per heavy atom. The summed E-state index contributed by atoms with van der Waals surface area (Å²) in [5.74, 6) is 0.840. The lowest BCUT2D eigenvalue weighted by atomic mass is 10.1. The van der Waals surface area contributed by atoms with Gasteiger partial charge in [-0.3, -0.25) is 0 Å². The molecule has 0 atom stereocenters. The molecule has 0 amide bonds. The van der Waals surface area contributed by atoms with Gasteiger partial charge in [-0.05, 0) is 41.5 Å². The molecule has 3 heteroatoms. The van der Waals surface area contributed by atoms with Crippen molar-refractivity contribution >= 4 is 0 Å². The number of aromatic nitrogens is 1. The molecule has 1 aromatic carbocycles. The Morgan fingerprint density at radius 2 is 2.06 bits per heavy atom. The van der Waals surface area contributed by atoms with Gasteiger partial charge in [0.05, 0.1) is 19.6 Å². The van der Waals surface area contributed by atoms with Gasteiger partial charge in [0.25, 0.3) is 0 Å². The fraction of sp³-hybridized carbons (Fsp3) is 0.154. The summed E-state index contributed by atoms with van der Waals surface area (Å²) in [6, 6.07) is 11.9. The molecule has 16 heavy (non-hydrogen) atoms. The molecule has 80 valence electrons. The van der Waals surface area contributed by atoms with Crippen molar-refractivity contribution in [3.8, 4) is 23.1 Å². The minimum Gasteiger partial charge on any atom is -0.497 e. The fourth-order valence-corrected chi connectivity index (χ4v) is 1.57. The van der Waals surface area contributed by atoms with E-state index in [4.69, 9.17) is 10.00 Å². The number of hydrogen-bond acceptors (Lipinski definition) is 2. The first-order valence-electron chi connectivity index (χ1n) is 5.02. The molecule has 0 radical (unpaired) electrons. The van der Waals surface area contributed by atoms with Crippen molar-refractivity contribution in [1.29, 1.82) is 5.26 Å². The molecule has 0 saturated carbocycles. The van der Waals surface area contributed by atoms with Crippen molar-refractivity contribution in [3.05, 3.63) is 42.1 Å². The van der Waals surface area contributed by atoms with Gasteiger partial charge >= 0.3 is 0 Å². The maximum absolute atomic E-state index is 8.59. The largest absolute Gasteiger partial charge is 0.497 e. The first-order chi connectivity index (χ1) is 7.83. The molecule has 0 aliphatic carbocycles. The number of ether oxygens (including phenoxy) is 1. The van der Waals surface area contributed by atoms with Gasteiger partial charge in [0.2, 0.25) is 0 Å². The number of nitrogens with zero attached hydrogens (tertiary/aromatic N) is 1. The van der Waals surface area contributed by atoms with E-state index in [9.17, 15) is 0 Å². The molecular formula is C13H12N2O. The maximum Gasteiger partial charge on any atom is 0.118 e. The average Bonchev–Trinajstić information content (AvgIpc) is 2.78. The lowest BCUT2D eigenvalue weighted by Gasteiger charge is -2.00. The van der Waals surface area contributed by atoms with E-state index in [2.05, 4.69) is 11.1 Å². The maximum atomic E-state index is 8.59. The van der Waals surface area contributed by atoms with Crippen LogP contribution in [0.15, 0.2) is 36.5 Å². The summed E-state index contributed by atoms with van der Waals surface area (Å²) in [7, 11) is 1.65. The van der Waals surface area contributed by atoms with Crippen molar-refractivity contribution in [2.75, 3.05) is 7.11 Å². The van der Waals surface area contributed by atoms with Crippen molar-refractivity contribution in [1.82, 2.24) is 4.98 Å². The van der Waals surface area contributed by atoms with Crippen LogP contribution < -0.4 is 4.74 Å². The summed E-state index contributed by atoms with van der Waals surface area (Å²) in [4.78, 5) is 3.15. The van der Waals surface area contributed by atoms with Crippen LogP contribution in [0, 0.1) is 11.3 Å². The van der Waals surface area contributed by atoms with Gasteiger partial charge in [0.1, 0.15) is 5.75 Å². The number of nitriles is 1. The van der Waals surface area contributed by atoms with E-state index in [1.165, 1.54) is 0 Å². The lowest BCUT2D eigenvalue weighted by Crippen LogP contribution is -1.82. The molecule has 0 unspecified atom stereocenters. The molecule has 0 bridgehead atoms. The molecule has 0 fully saturated rings. The molecule has 0 spiro atoms. The lowest BCUT2D eigenvalue weighted by molar-refractivity contribution is 0.415. The van der Waals surface area contributed by atoms with Crippen LogP contribution in [0.25, 0.3) is 11.3 Å². The number of rotatable bonds is 3. The molecule has 0 aliphatic rings. The minimum absolute atomic E-state index is 0.437. The van der Waals surface area contributed by atoms with E-state index in [0.717, 1.165) is 22.6 Å². The highest BCUT2D eigenvalue weighted by Crippen LogP contribution is 2.22. The average molecular weight is 212 g/mol. The highest BCUT2D eigenvalue weighted by molar-refractivity contribution is 5.61. The molecule has 2 aromatic rings. The quantitative estimate of drug-likeness (QED) is 0.850. The number of nitrogens with one attached hydrogen (secondary N) is 1. The van der Waals surface area contributed by atoms with Gasteiger partial charge in [-0.2, -0.15) is 5.26 Å². The number of hydrogen-bond donors (Lipinski definition) is 1. The zero-order chi connectivity index (χ0) is 11.4. The Labute approximate surface area is 94.3 Å². The second kappa shape index (κ2) is 4.54. The summed E-state index contributed by atoms with van der Waals surface area (Å²) in [5, 5.41) is 8.59. The van der Waals surface area contributed by atoms with Crippen LogP contribution in [0.2, 0.25) is 0 Å². The number of aromatic amines is 1. The van der Waals surface area contributed by atoms with E-state index in [1.54, 1.807) is 7.11 Å². The highest BCUT2D eigenvalue weighted by atomic mass is 16.5. The van der Waals surface area contributed by atoms with Crippen molar-refractivity contribution in [3.63, 3.8) is 0 Å². The third-order valence-electron chi connectivity index (χ3n) is 2.43. The third kappa shape index (κ3) is 2.06. The molecule has 1 aromatic heterocycles. The number of H-pyrrole nitrogens is 1. The van der Waals surface area contributed by atoms with Gasteiger partial charge in [-0.15, -0.1) is 0 Å². The third-order valence-corrected chi connectivity index (χ3v) is 2.43. The van der Waals surface area contributed by atoms with Gasteiger partial charge in [0.15, 0.2) is 0 Å². The number of benzene rings is 1. The van der Waals surface area contributed by atoms with Crippen molar-refractivity contribution in [2.45, 2.75) is 6.42 Å². The van der Waals surface area contributed by atoms with E-state index in [-0.39, 0.29) is 0 Å².